The van der Waals surface area contributed by atoms with Gasteiger partial charge in [0.1, 0.15) is 0 Å². The Morgan fingerprint density at radius 3 is 2.73 bits per heavy atom. The van der Waals surface area contributed by atoms with Crippen LogP contribution in [0.2, 0.25) is 0 Å². The molecule has 3 nitrogen and oxygen atoms in total. The summed E-state index contributed by atoms with van der Waals surface area (Å²) in [6.07, 6.45) is 1.57. The normalized spacial score (nSPS) is 25.7. The monoisotopic (exact) mass is 208 g/mol. The average molecular weight is 208 g/mol. The lowest BCUT2D eigenvalue weighted by molar-refractivity contribution is -0.146. The fraction of sp³-hybridized carbons (Fsp3) is 0.500. The summed E-state index contributed by atoms with van der Waals surface area (Å²) in [6, 6.07) is 10.0. The van der Waals surface area contributed by atoms with E-state index in [-0.39, 0.29) is 19.0 Å². The van der Waals surface area contributed by atoms with Gasteiger partial charge in [-0.2, -0.15) is 0 Å². The molecule has 0 amide bonds. The number of hydrogen-bond acceptors (Lipinski definition) is 3. The van der Waals surface area contributed by atoms with Gasteiger partial charge in [0.2, 0.25) is 0 Å². The summed E-state index contributed by atoms with van der Waals surface area (Å²) in [5.74, 6) is 0. The second-order valence-electron chi connectivity index (χ2n) is 3.74. The zero-order valence-electron chi connectivity index (χ0n) is 8.63. The first kappa shape index (κ1) is 10.6. The van der Waals surface area contributed by atoms with Crippen molar-refractivity contribution in [3.05, 3.63) is 35.9 Å². The van der Waals surface area contributed by atoms with Crippen LogP contribution in [0.5, 0.6) is 0 Å². The van der Waals surface area contributed by atoms with Gasteiger partial charge in [-0.05, 0) is 12.0 Å². The Hall–Kier alpha value is -0.900. The molecule has 0 bridgehead atoms. The summed E-state index contributed by atoms with van der Waals surface area (Å²) in [6.45, 7) is 0.662. The molecule has 1 aromatic carbocycles. The quantitative estimate of drug-likeness (QED) is 0.818. The van der Waals surface area contributed by atoms with Crippen molar-refractivity contribution in [3.8, 4) is 0 Å². The third-order valence-electron chi connectivity index (χ3n) is 2.55. The van der Waals surface area contributed by atoms with Gasteiger partial charge in [0.15, 0.2) is 6.29 Å². The number of ether oxygens (including phenoxy) is 2. The number of hydrogen-bond donors (Lipinski definition) is 1. The van der Waals surface area contributed by atoms with Crippen LogP contribution in [0, 0.1) is 0 Å². The molecule has 82 valence electrons. The van der Waals surface area contributed by atoms with Crippen molar-refractivity contribution < 1.29 is 14.6 Å². The minimum atomic E-state index is -0.151. The topological polar surface area (TPSA) is 38.7 Å². The summed E-state index contributed by atoms with van der Waals surface area (Å²) >= 11 is 0. The second-order valence-corrected chi connectivity index (χ2v) is 3.74. The van der Waals surface area contributed by atoms with Gasteiger partial charge in [-0.3, -0.25) is 0 Å². The third-order valence-corrected chi connectivity index (χ3v) is 2.55. The molecule has 0 aromatic heterocycles. The molecule has 3 heteroatoms. The molecule has 15 heavy (non-hydrogen) atoms. The van der Waals surface area contributed by atoms with Crippen molar-refractivity contribution >= 4 is 0 Å². The van der Waals surface area contributed by atoms with Crippen LogP contribution in [0.25, 0.3) is 0 Å². The molecule has 1 aliphatic rings. The van der Waals surface area contributed by atoms with E-state index < -0.39 is 0 Å². The maximum absolute atomic E-state index is 8.89. The Bertz CT molecular complexity index is 286. The zero-order chi connectivity index (χ0) is 10.5. The van der Waals surface area contributed by atoms with Gasteiger partial charge in [-0.15, -0.1) is 0 Å². The first-order valence-corrected chi connectivity index (χ1v) is 5.30. The predicted molar refractivity (Wildman–Crippen MR) is 56.2 cm³/mol. The van der Waals surface area contributed by atoms with Gasteiger partial charge in [-0.25, -0.2) is 0 Å². The Labute approximate surface area is 89.6 Å². The number of aliphatic hydroxyl groups is 1. The van der Waals surface area contributed by atoms with E-state index in [1.54, 1.807) is 0 Å². The molecule has 1 fully saturated rings. The largest absolute Gasteiger partial charge is 0.394 e. The van der Waals surface area contributed by atoms with Crippen LogP contribution in [0.4, 0.5) is 0 Å². The van der Waals surface area contributed by atoms with Crippen molar-refractivity contribution in [2.75, 3.05) is 6.61 Å². The van der Waals surface area contributed by atoms with Gasteiger partial charge < -0.3 is 14.6 Å². The van der Waals surface area contributed by atoms with Crippen molar-refractivity contribution in [2.45, 2.75) is 31.8 Å². The lowest BCUT2D eigenvalue weighted by Crippen LogP contribution is -2.16. The first-order chi connectivity index (χ1) is 7.38. The molecule has 2 atom stereocenters. The van der Waals surface area contributed by atoms with Crippen LogP contribution >= 0.6 is 0 Å². The minimum absolute atomic E-state index is 0.0363. The standard InChI is InChI=1S/C12H16O3/c13-8-11-6-7-12(15-11)14-9-10-4-2-1-3-5-10/h1-5,11-13H,6-9H2. The van der Waals surface area contributed by atoms with E-state index in [0.29, 0.717) is 6.61 Å². The third kappa shape index (κ3) is 3.02. The van der Waals surface area contributed by atoms with Crippen LogP contribution in [-0.2, 0) is 16.1 Å². The second kappa shape index (κ2) is 5.26. The van der Waals surface area contributed by atoms with Crippen LogP contribution in [0.15, 0.2) is 30.3 Å². The number of aliphatic hydroxyl groups excluding tert-OH is 1. The van der Waals surface area contributed by atoms with E-state index in [4.69, 9.17) is 14.6 Å². The van der Waals surface area contributed by atoms with Crippen molar-refractivity contribution in [1.29, 1.82) is 0 Å². The molecule has 1 aliphatic heterocycles. The lowest BCUT2D eigenvalue weighted by Gasteiger charge is -2.12. The SMILES string of the molecule is OCC1CCC(OCc2ccccc2)O1. The van der Waals surface area contributed by atoms with Crippen LogP contribution in [0.1, 0.15) is 18.4 Å². The van der Waals surface area contributed by atoms with E-state index in [1.807, 2.05) is 30.3 Å². The van der Waals surface area contributed by atoms with Gasteiger partial charge in [0, 0.05) is 6.42 Å². The molecular formula is C12H16O3. The molecule has 2 unspecified atom stereocenters. The van der Waals surface area contributed by atoms with E-state index >= 15 is 0 Å². The fourth-order valence-electron chi connectivity index (χ4n) is 1.69. The highest BCUT2D eigenvalue weighted by molar-refractivity contribution is 5.13. The molecule has 0 spiro atoms. The molecule has 1 saturated heterocycles. The van der Waals surface area contributed by atoms with Crippen LogP contribution in [0.3, 0.4) is 0 Å². The number of rotatable bonds is 4. The van der Waals surface area contributed by atoms with Crippen molar-refractivity contribution in [2.24, 2.45) is 0 Å². The maximum atomic E-state index is 8.89. The van der Waals surface area contributed by atoms with Gasteiger partial charge in [0.25, 0.3) is 0 Å². The first-order valence-electron chi connectivity index (χ1n) is 5.30. The van der Waals surface area contributed by atoms with Crippen molar-refractivity contribution in [3.63, 3.8) is 0 Å². The van der Waals surface area contributed by atoms with Gasteiger partial charge in [0.05, 0.1) is 19.3 Å². The Balaban J connectivity index is 1.75. The smallest absolute Gasteiger partial charge is 0.158 e. The maximum Gasteiger partial charge on any atom is 0.158 e. The zero-order valence-corrected chi connectivity index (χ0v) is 8.63. The Morgan fingerprint density at radius 2 is 2.07 bits per heavy atom. The fourth-order valence-corrected chi connectivity index (χ4v) is 1.69. The van der Waals surface area contributed by atoms with E-state index in [2.05, 4.69) is 0 Å². The summed E-state index contributed by atoms with van der Waals surface area (Å²) < 4.78 is 11.0. The molecule has 0 saturated carbocycles. The van der Waals surface area contributed by atoms with E-state index in [9.17, 15) is 0 Å². The summed E-state index contributed by atoms with van der Waals surface area (Å²) in [4.78, 5) is 0. The molecule has 2 rings (SSSR count). The number of benzene rings is 1. The van der Waals surface area contributed by atoms with Crippen LogP contribution in [-0.4, -0.2) is 24.1 Å². The van der Waals surface area contributed by atoms with E-state index in [0.717, 1.165) is 18.4 Å². The van der Waals surface area contributed by atoms with E-state index in [1.165, 1.54) is 0 Å². The Morgan fingerprint density at radius 1 is 1.27 bits per heavy atom. The molecule has 1 heterocycles. The predicted octanol–water partition coefficient (Wildman–Crippen LogP) is 1.70. The molecule has 1 N–H and O–H groups in total. The summed E-state index contributed by atoms with van der Waals surface area (Å²) in [5, 5.41) is 8.89. The average Bonchev–Trinajstić information content (AvgIpc) is 2.76. The molecule has 1 aromatic rings. The highest BCUT2D eigenvalue weighted by Crippen LogP contribution is 2.21. The summed E-state index contributed by atoms with van der Waals surface area (Å²) in [5.41, 5.74) is 1.15. The molecular weight excluding hydrogens is 192 g/mol. The van der Waals surface area contributed by atoms with Crippen LogP contribution < -0.4 is 0 Å². The molecule has 0 aliphatic carbocycles. The summed E-state index contributed by atoms with van der Waals surface area (Å²) in [7, 11) is 0. The van der Waals surface area contributed by atoms with Gasteiger partial charge >= 0.3 is 0 Å². The molecule has 0 radical (unpaired) electrons. The lowest BCUT2D eigenvalue weighted by atomic mass is 10.2. The van der Waals surface area contributed by atoms with Crippen molar-refractivity contribution in [1.82, 2.24) is 0 Å². The van der Waals surface area contributed by atoms with Gasteiger partial charge in [-0.1, -0.05) is 30.3 Å². The highest BCUT2D eigenvalue weighted by Gasteiger charge is 2.24. The Kier molecular flexibility index (Phi) is 3.72. The highest BCUT2D eigenvalue weighted by atomic mass is 16.7. The minimum Gasteiger partial charge on any atom is -0.394 e.